The second-order valence-electron chi connectivity index (χ2n) is 34.0. The SMILES string of the molecule is CCCCCCCCCCCC1c2cc3c4cc2Oc2ccc5nc[nH]c5c2Oc2cc5c(cc21)C(CCCCCCCCCCC)c1cc2c(cc1Oc1c(ccc6nc[nH]c16)O5)Oc1ccc5nc[nH]c5c1Oc1cc(c(cc1C2CCCCCCCCCCC)C3CCCCCCCCCCC)Oc1c(ccc2nc[nH]c12)O4. The predicted molar refractivity (Wildman–Crippen MR) is 465 cm³/mol. The molecule has 16 heteroatoms. The number of fused-ring (bicyclic) bond motifs is 12. The number of hydrogen-bond donors (Lipinski definition) is 4. The topological polar surface area (TPSA) is 189 Å². The minimum atomic E-state index is -0.281. The zero-order valence-corrected chi connectivity index (χ0v) is 69.2. The van der Waals surface area contributed by atoms with Crippen LogP contribution >= 0.6 is 0 Å². The lowest BCUT2D eigenvalue weighted by molar-refractivity contribution is 0.403. The molecule has 16 nitrogen and oxygen atoms in total. The second kappa shape index (κ2) is 37.5. The van der Waals surface area contributed by atoms with Crippen molar-refractivity contribution in [3.63, 3.8) is 0 Å². The number of H-pyrrole nitrogens is 4. The molecule has 12 aromatic rings. The normalized spacial score (nSPS) is 16.0. The van der Waals surface area contributed by atoms with Gasteiger partial charge in [-0.05, 0) is 98.5 Å². The molecule has 4 aromatic heterocycles. The zero-order valence-electron chi connectivity index (χ0n) is 69.2. The van der Waals surface area contributed by atoms with Gasteiger partial charge in [-0.1, -0.05) is 259 Å². The molecule has 8 aromatic carbocycles. The van der Waals surface area contributed by atoms with Gasteiger partial charge in [0.05, 0.1) is 47.4 Å². The fourth-order valence-corrected chi connectivity index (χ4v) is 19.3. The number of rotatable bonds is 40. The van der Waals surface area contributed by atoms with Gasteiger partial charge in [0.25, 0.3) is 0 Å². The molecule has 4 unspecified atom stereocenters. The molecule has 0 amide bonds. The Labute approximate surface area is 685 Å². The van der Waals surface area contributed by atoms with Gasteiger partial charge in [0.1, 0.15) is 68.1 Å². The molecule has 4 atom stereocenters. The summed E-state index contributed by atoms with van der Waals surface area (Å²) in [5.41, 5.74) is 14.4. The molecule has 116 heavy (non-hydrogen) atoms. The van der Waals surface area contributed by atoms with Crippen LogP contribution in [-0.4, -0.2) is 39.9 Å². The first kappa shape index (κ1) is 78.6. The Hall–Kier alpha value is -9.96. The summed E-state index contributed by atoms with van der Waals surface area (Å²) in [6.45, 7) is 9.22. The molecule has 608 valence electrons. The molecule has 0 saturated carbocycles. The first-order chi connectivity index (χ1) is 57.4. The smallest absolute Gasteiger partial charge is 0.195 e. The second-order valence-corrected chi connectivity index (χ2v) is 34.0. The van der Waals surface area contributed by atoms with Gasteiger partial charge in [-0.3, -0.25) is 0 Å². The van der Waals surface area contributed by atoms with Crippen molar-refractivity contribution in [1.82, 2.24) is 39.9 Å². The number of ether oxygens (including phenoxy) is 8. The summed E-state index contributed by atoms with van der Waals surface area (Å²) < 4.78 is 62.4. The third kappa shape index (κ3) is 17.1. The van der Waals surface area contributed by atoms with Crippen LogP contribution in [0.2, 0.25) is 0 Å². The van der Waals surface area contributed by atoms with Gasteiger partial charge in [-0.25, -0.2) is 19.9 Å². The average molecular weight is 1560 g/mol. The summed E-state index contributed by atoms with van der Waals surface area (Å²) in [5, 5.41) is 0. The van der Waals surface area contributed by atoms with Crippen LogP contribution in [-0.2, 0) is 0 Å². The van der Waals surface area contributed by atoms with Crippen molar-refractivity contribution in [2.24, 2.45) is 0 Å². The maximum absolute atomic E-state index is 7.84. The zero-order chi connectivity index (χ0) is 78.5. The number of benzene rings is 8. The van der Waals surface area contributed by atoms with E-state index in [1.165, 1.54) is 154 Å². The van der Waals surface area contributed by atoms with E-state index in [9.17, 15) is 0 Å². The van der Waals surface area contributed by atoms with Gasteiger partial charge in [0.15, 0.2) is 46.0 Å². The third-order valence-electron chi connectivity index (χ3n) is 25.7. The first-order valence-corrected chi connectivity index (χ1v) is 45.4. The molecular formula is C100H120N8O8. The van der Waals surface area contributed by atoms with Crippen molar-refractivity contribution in [1.29, 1.82) is 0 Å². The average Bonchev–Trinajstić information content (AvgIpc) is 1.54. The van der Waals surface area contributed by atoms with Gasteiger partial charge in [0.2, 0.25) is 0 Å². The molecule has 1 aliphatic carbocycles. The van der Waals surface area contributed by atoms with Crippen molar-refractivity contribution in [2.75, 3.05) is 0 Å². The van der Waals surface area contributed by atoms with Crippen LogP contribution in [0.25, 0.3) is 44.1 Å². The highest BCUT2D eigenvalue weighted by atomic mass is 16.5. The highest BCUT2D eigenvalue weighted by molar-refractivity contribution is 5.89. The van der Waals surface area contributed by atoms with E-state index in [2.05, 4.69) is 96.2 Å². The van der Waals surface area contributed by atoms with Gasteiger partial charge >= 0.3 is 0 Å². The number of nitrogens with one attached hydrogen (secondary N) is 4. The highest BCUT2D eigenvalue weighted by Gasteiger charge is 2.40. The maximum atomic E-state index is 7.84. The molecule has 4 N–H and O–H groups in total. The largest absolute Gasteiger partial charge is 0.453 e. The van der Waals surface area contributed by atoms with Crippen LogP contribution in [0.5, 0.6) is 92.0 Å². The molecule has 8 bridgehead atoms. The lowest BCUT2D eigenvalue weighted by atomic mass is 9.76. The van der Waals surface area contributed by atoms with E-state index in [0.717, 1.165) is 191 Å². The summed E-state index contributed by atoms with van der Waals surface area (Å²) in [4.78, 5) is 33.6. The van der Waals surface area contributed by atoms with Crippen LogP contribution in [0, 0.1) is 0 Å². The van der Waals surface area contributed by atoms with E-state index in [1.54, 1.807) is 25.3 Å². The highest BCUT2D eigenvalue weighted by Crippen LogP contribution is 2.61. The molecule has 0 radical (unpaired) electrons. The van der Waals surface area contributed by atoms with Crippen molar-refractivity contribution in [3.8, 4) is 92.0 Å². The van der Waals surface area contributed by atoms with Gasteiger partial charge in [-0.2, -0.15) is 0 Å². The van der Waals surface area contributed by atoms with Crippen molar-refractivity contribution < 1.29 is 37.9 Å². The van der Waals surface area contributed by atoms with Gasteiger partial charge in [-0.15, -0.1) is 0 Å². The van der Waals surface area contributed by atoms with E-state index >= 15 is 0 Å². The quantitative estimate of drug-likeness (QED) is 0.0267. The minimum absolute atomic E-state index is 0.271. The van der Waals surface area contributed by atoms with Crippen LogP contribution in [0.15, 0.2) is 122 Å². The minimum Gasteiger partial charge on any atom is -0.453 e. The summed E-state index contributed by atoms with van der Waals surface area (Å²) in [7, 11) is 0. The molecule has 4 aliphatic heterocycles. The van der Waals surface area contributed by atoms with Gasteiger partial charge in [0, 0.05) is 92.4 Å². The van der Waals surface area contributed by atoms with E-state index in [4.69, 9.17) is 57.8 Å². The number of aromatic nitrogens is 8. The van der Waals surface area contributed by atoms with Crippen LogP contribution in [0.4, 0.5) is 0 Å². The Morgan fingerprint density at radius 3 is 0.586 bits per heavy atom. The molecule has 5 aliphatic rings. The van der Waals surface area contributed by atoms with E-state index in [-0.39, 0.29) is 23.7 Å². The number of aromatic amines is 4. The molecule has 0 spiro atoms. The van der Waals surface area contributed by atoms with Crippen LogP contribution < -0.4 is 37.9 Å². The number of hydrogen-bond acceptors (Lipinski definition) is 12. The Balaban J connectivity index is 0.958. The Bertz CT molecular complexity index is 5320. The number of unbranched alkanes of at least 4 members (excludes halogenated alkanes) is 32. The number of imidazole rings is 4. The van der Waals surface area contributed by atoms with E-state index < -0.39 is 0 Å². The third-order valence-corrected chi connectivity index (χ3v) is 25.7. The molecule has 0 saturated heterocycles. The molecular weight excluding hydrogens is 1440 g/mol. The van der Waals surface area contributed by atoms with Gasteiger partial charge < -0.3 is 57.8 Å². The monoisotopic (exact) mass is 1560 g/mol. The maximum Gasteiger partial charge on any atom is 0.195 e. The molecule has 17 rings (SSSR count). The summed E-state index contributed by atoms with van der Waals surface area (Å²) in [6.07, 6.45) is 53.3. The summed E-state index contributed by atoms with van der Waals surface area (Å²) in [6, 6.07) is 35.1. The van der Waals surface area contributed by atoms with Crippen LogP contribution in [0.3, 0.4) is 0 Å². The summed E-state index contributed by atoms with van der Waals surface area (Å²) in [5.74, 6) is 8.67. The van der Waals surface area contributed by atoms with E-state index in [1.807, 2.05) is 48.5 Å². The molecule has 8 heterocycles. The summed E-state index contributed by atoms with van der Waals surface area (Å²) >= 11 is 0. The standard InChI is InChI=1S/C100H120N8O8/c1-5-9-13-17-21-25-29-33-37-41-65-69-53-70-66(42-38-34-30-26-22-18-14-10-6-2)75-56-76-68(44-40-36-32-28-24-20-16-12-8-4)72-55-74-67(43-39-35-31-27-23-19-15-11-7-3)71-54-73(65)89-58-87(71)111-83-51-47-78-94(106-62-102-78)98(83)114-90(74)59-88(72)112-84-52-48-80-96(108-64-104-80)100(84)116-92(76)60-91(75)115-99-82(50-46-79-95(99)107-63-103-79)110-86(70)57-85(69)109-81-49-45-77-93(97(81)113-89)105-61-101-77/h45-68H,5-44H2,1-4H3,(H,101,105)(H,102,106)(H,103,107)(H,104,108). The van der Waals surface area contributed by atoms with Crippen molar-refractivity contribution in [2.45, 2.75) is 308 Å². The van der Waals surface area contributed by atoms with Crippen LogP contribution in [0.1, 0.15) is 353 Å². The Kier molecular flexibility index (Phi) is 25.4. The van der Waals surface area contributed by atoms with Crippen molar-refractivity contribution >= 4 is 44.1 Å². The number of nitrogens with zero attached hydrogens (tertiary/aromatic N) is 4. The van der Waals surface area contributed by atoms with Crippen molar-refractivity contribution in [3.05, 3.63) is 167 Å². The lowest BCUT2D eigenvalue weighted by Crippen LogP contribution is -2.13. The fraction of sp³-hybridized carbons (Fsp3) is 0.480. The Morgan fingerprint density at radius 1 is 0.207 bits per heavy atom. The predicted octanol–water partition coefficient (Wildman–Crippen LogP) is 31.3. The van der Waals surface area contributed by atoms with E-state index in [0.29, 0.717) is 92.0 Å². The fourth-order valence-electron chi connectivity index (χ4n) is 19.3. The Morgan fingerprint density at radius 2 is 0.388 bits per heavy atom. The lowest BCUT2D eigenvalue weighted by Gasteiger charge is -2.30. The molecule has 0 fully saturated rings. The first-order valence-electron chi connectivity index (χ1n) is 45.4.